The summed E-state index contributed by atoms with van der Waals surface area (Å²) in [6, 6.07) is 27.6. The number of carbonyl (C=O) groups is 2. The van der Waals surface area contributed by atoms with E-state index in [0.717, 1.165) is 27.6 Å². The van der Waals surface area contributed by atoms with E-state index < -0.39 is 5.97 Å². The molecule has 5 rings (SSSR count). The number of carbonyl (C=O) groups excluding carboxylic acids is 1. The van der Waals surface area contributed by atoms with E-state index in [2.05, 4.69) is 29.9 Å². The normalized spacial score (nSPS) is 11.2. The van der Waals surface area contributed by atoms with Crippen LogP contribution in [0, 0.1) is 0 Å². The van der Waals surface area contributed by atoms with E-state index in [0.29, 0.717) is 24.2 Å². The van der Waals surface area contributed by atoms with Crippen LogP contribution in [0.4, 0.5) is 0 Å². The molecular weight excluding hydrogens is 488 g/mol. The maximum Gasteiger partial charge on any atom is 0.336 e. The number of nitrogens with one attached hydrogen (secondary N) is 1. The van der Waals surface area contributed by atoms with Gasteiger partial charge in [0.25, 0.3) is 5.91 Å². The number of amides is 1. The Morgan fingerprint density at radius 1 is 0.872 bits per heavy atom. The number of rotatable bonds is 8. The second-order valence-electron chi connectivity index (χ2n) is 10.00. The molecule has 6 nitrogen and oxygen atoms in total. The van der Waals surface area contributed by atoms with Crippen molar-refractivity contribution in [3.05, 3.63) is 125 Å². The van der Waals surface area contributed by atoms with E-state index in [4.69, 9.17) is 0 Å². The van der Waals surface area contributed by atoms with E-state index in [1.165, 1.54) is 5.56 Å². The van der Waals surface area contributed by atoms with Crippen LogP contribution in [0.15, 0.2) is 97.2 Å². The zero-order valence-electron chi connectivity index (χ0n) is 21.9. The molecule has 39 heavy (non-hydrogen) atoms. The van der Waals surface area contributed by atoms with Gasteiger partial charge in [-0.3, -0.25) is 4.79 Å². The minimum Gasteiger partial charge on any atom is -0.508 e. The molecule has 0 spiro atoms. The van der Waals surface area contributed by atoms with Crippen LogP contribution in [0.5, 0.6) is 5.75 Å². The average molecular weight is 519 g/mol. The zero-order valence-corrected chi connectivity index (χ0v) is 21.9. The Bertz CT molecular complexity index is 1670. The summed E-state index contributed by atoms with van der Waals surface area (Å²) < 4.78 is 2.19. The molecule has 4 aromatic carbocycles. The number of phenolic OH excluding ortho intramolecular Hbond substituents is 1. The maximum atomic E-state index is 12.9. The molecule has 6 heteroatoms. The lowest BCUT2D eigenvalue weighted by Gasteiger charge is -2.10. The Balaban J connectivity index is 1.39. The van der Waals surface area contributed by atoms with E-state index >= 15 is 0 Å². The third-order valence-electron chi connectivity index (χ3n) is 6.94. The number of fused-ring (bicyclic) bond motifs is 1. The highest BCUT2D eigenvalue weighted by Crippen LogP contribution is 2.30. The first-order valence-corrected chi connectivity index (χ1v) is 12.9. The Labute approximate surface area is 227 Å². The Morgan fingerprint density at radius 3 is 2.36 bits per heavy atom. The van der Waals surface area contributed by atoms with Crippen molar-refractivity contribution in [3.63, 3.8) is 0 Å². The molecular formula is C33H30N2O4. The Morgan fingerprint density at radius 2 is 1.64 bits per heavy atom. The quantitative estimate of drug-likeness (QED) is 0.210. The first-order chi connectivity index (χ1) is 18.8. The molecule has 0 fully saturated rings. The summed E-state index contributed by atoms with van der Waals surface area (Å²) in [6.07, 6.45) is 2.15. The van der Waals surface area contributed by atoms with E-state index in [9.17, 15) is 19.8 Å². The minimum absolute atomic E-state index is 0.167. The molecule has 0 atom stereocenters. The van der Waals surface area contributed by atoms with Gasteiger partial charge in [-0.2, -0.15) is 0 Å². The fourth-order valence-corrected chi connectivity index (χ4v) is 4.92. The van der Waals surface area contributed by atoms with Crippen LogP contribution in [-0.4, -0.2) is 26.7 Å². The molecule has 0 aliphatic heterocycles. The lowest BCUT2D eigenvalue weighted by Crippen LogP contribution is -2.22. The Hall–Kier alpha value is -4.84. The van der Waals surface area contributed by atoms with Crippen molar-refractivity contribution in [1.29, 1.82) is 0 Å². The smallest absolute Gasteiger partial charge is 0.336 e. The molecule has 5 aromatic rings. The van der Waals surface area contributed by atoms with Gasteiger partial charge in [0.1, 0.15) is 5.75 Å². The first-order valence-electron chi connectivity index (χ1n) is 12.9. The second-order valence-corrected chi connectivity index (χ2v) is 10.00. The summed E-state index contributed by atoms with van der Waals surface area (Å²) in [5.74, 6) is -0.665. The topological polar surface area (TPSA) is 91.6 Å². The third-order valence-corrected chi connectivity index (χ3v) is 6.94. The monoisotopic (exact) mass is 518 g/mol. The van der Waals surface area contributed by atoms with Gasteiger partial charge in [-0.1, -0.05) is 68.4 Å². The van der Waals surface area contributed by atoms with Gasteiger partial charge in [0.2, 0.25) is 0 Å². The Kier molecular flexibility index (Phi) is 7.19. The minimum atomic E-state index is -0.942. The van der Waals surface area contributed by atoms with Gasteiger partial charge in [-0.25, -0.2) is 4.79 Å². The van der Waals surface area contributed by atoms with Gasteiger partial charge in [-0.05, 0) is 70.1 Å². The van der Waals surface area contributed by atoms with Crippen LogP contribution in [0.25, 0.3) is 22.0 Å². The average Bonchev–Trinajstić information content (AvgIpc) is 3.30. The number of phenols is 1. The highest BCUT2D eigenvalue weighted by atomic mass is 16.4. The van der Waals surface area contributed by atoms with Crippen LogP contribution in [0.2, 0.25) is 0 Å². The van der Waals surface area contributed by atoms with Gasteiger partial charge < -0.3 is 20.1 Å². The highest BCUT2D eigenvalue weighted by molar-refractivity contribution is 5.99. The predicted octanol–water partition coefficient (Wildman–Crippen LogP) is 6.81. The molecule has 0 unspecified atom stereocenters. The lowest BCUT2D eigenvalue weighted by atomic mass is 9.99. The fraction of sp³-hybridized carbons (Fsp3) is 0.152. The number of aromatic carboxylic acids is 1. The molecule has 0 saturated heterocycles. The molecule has 0 saturated carbocycles. The number of nitrogens with zero attached hydrogens (tertiary/aromatic N) is 1. The van der Waals surface area contributed by atoms with Crippen molar-refractivity contribution < 1.29 is 19.8 Å². The van der Waals surface area contributed by atoms with Gasteiger partial charge in [0.05, 0.1) is 5.56 Å². The number of hydrogen-bond acceptors (Lipinski definition) is 3. The number of hydrogen-bond donors (Lipinski definition) is 3. The molecule has 3 N–H and O–H groups in total. The maximum absolute atomic E-state index is 12.9. The lowest BCUT2D eigenvalue weighted by molar-refractivity contribution is 0.0697. The van der Waals surface area contributed by atoms with E-state index in [1.54, 1.807) is 30.3 Å². The molecule has 1 aromatic heterocycles. The van der Waals surface area contributed by atoms with Crippen LogP contribution in [0.3, 0.4) is 0 Å². The summed E-state index contributed by atoms with van der Waals surface area (Å²) >= 11 is 0. The molecule has 1 heterocycles. The van der Waals surface area contributed by atoms with Gasteiger partial charge in [0.15, 0.2) is 0 Å². The number of aromatic hydroxyl groups is 1. The molecule has 0 aliphatic rings. The molecule has 0 bridgehead atoms. The summed E-state index contributed by atoms with van der Waals surface area (Å²) in [5, 5.41) is 23.2. The summed E-state index contributed by atoms with van der Waals surface area (Å²) in [5.41, 5.74) is 6.55. The number of benzene rings is 4. The van der Waals surface area contributed by atoms with Gasteiger partial charge in [-0.15, -0.1) is 0 Å². The third kappa shape index (κ3) is 5.55. The van der Waals surface area contributed by atoms with Crippen molar-refractivity contribution in [1.82, 2.24) is 9.88 Å². The zero-order chi connectivity index (χ0) is 27.5. The molecule has 196 valence electrons. The van der Waals surface area contributed by atoms with Crippen LogP contribution in [-0.2, 0) is 13.1 Å². The highest BCUT2D eigenvalue weighted by Gasteiger charge is 2.16. The van der Waals surface area contributed by atoms with Crippen molar-refractivity contribution in [2.24, 2.45) is 0 Å². The molecule has 0 radical (unpaired) electrons. The van der Waals surface area contributed by atoms with E-state index in [-0.39, 0.29) is 23.1 Å². The standard InChI is InChI=1S/C33H30N2O4/c1-21(2)30-20-35(19-22-10-12-24(13-11-22)27-8-3-4-9-28(27)33(38)39)31-15-14-25(17-29(30)31)32(37)34-18-23-6-5-7-26(36)16-23/h3-17,20-21,36H,18-19H2,1-2H3,(H,34,37)(H,38,39). The first kappa shape index (κ1) is 25.8. The van der Waals surface area contributed by atoms with Crippen molar-refractivity contribution >= 4 is 22.8 Å². The number of aromatic nitrogens is 1. The molecule has 0 aliphatic carbocycles. The summed E-state index contributed by atoms with van der Waals surface area (Å²) in [7, 11) is 0. The van der Waals surface area contributed by atoms with Crippen LogP contribution in [0.1, 0.15) is 57.2 Å². The van der Waals surface area contributed by atoms with Crippen molar-refractivity contribution in [2.75, 3.05) is 0 Å². The predicted molar refractivity (Wildman–Crippen MR) is 153 cm³/mol. The SMILES string of the molecule is CC(C)c1cn(Cc2ccc(-c3ccccc3C(=O)O)cc2)c2ccc(C(=O)NCc3cccc(O)c3)cc12. The number of carboxylic acid groups (broad SMARTS) is 1. The fourth-order valence-electron chi connectivity index (χ4n) is 4.92. The van der Waals surface area contributed by atoms with Crippen molar-refractivity contribution in [2.45, 2.75) is 32.9 Å². The van der Waals surface area contributed by atoms with Crippen molar-refractivity contribution in [3.8, 4) is 16.9 Å². The molecule has 1 amide bonds. The van der Waals surface area contributed by atoms with Gasteiger partial charge in [0, 0.05) is 35.8 Å². The van der Waals surface area contributed by atoms with Gasteiger partial charge >= 0.3 is 5.97 Å². The van der Waals surface area contributed by atoms with Crippen LogP contribution < -0.4 is 5.32 Å². The second kappa shape index (κ2) is 10.9. The summed E-state index contributed by atoms with van der Waals surface area (Å²) in [6.45, 7) is 5.26. The number of carboxylic acids is 1. The van der Waals surface area contributed by atoms with E-state index in [1.807, 2.05) is 60.7 Å². The summed E-state index contributed by atoms with van der Waals surface area (Å²) in [4.78, 5) is 24.6. The largest absolute Gasteiger partial charge is 0.508 e. The van der Waals surface area contributed by atoms with Crippen LogP contribution >= 0.6 is 0 Å².